The van der Waals surface area contributed by atoms with Crippen molar-refractivity contribution in [3.05, 3.63) is 17.7 Å². The zero-order chi connectivity index (χ0) is 13.3. The number of pyridine rings is 1. The van der Waals surface area contributed by atoms with Crippen molar-refractivity contribution in [2.24, 2.45) is 0 Å². The predicted octanol–water partition coefficient (Wildman–Crippen LogP) is 1.91. The van der Waals surface area contributed by atoms with Crippen LogP contribution in [0.5, 0.6) is 0 Å². The smallest absolute Gasteiger partial charge is 0.384 e. The van der Waals surface area contributed by atoms with Crippen LogP contribution in [0.1, 0.15) is 12.0 Å². The summed E-state index contributed by atoms with van der Waals surface area (Å²) in [6, 6.07) is 1.86. The third-order valence-corrected chi connectivity index (χ3v) is 2.96. The maximum atomic E-state index is 12.7. The van der Waals surface area contributed by atoms with Crippen LogP contribution in [0.15, 0.2) is 12.1 Å². The van der Waals surface area contributed by atoms with Crippen LogP contribution in [-0.2, 0) is 10.9 Å². The van der Waals surface area contributed by atoms with Gasteiger partial charge >= 0.3 is 6.18 Å². The Labute approximate surface area is 103 Å². The molecule has 0 bridgehead atoms. The number of rotatable bonds is 2. The molecule has 1 unspecified atom stereocenters. The van der Waals surface area contributed by atoms with Crippen molar-refractivity contribution in [1.29, 1.82) is 0 Å². The lowest BCUT2D eigenvalue weighted by molar-refractivity contribution is -0.137. The summed E-state index contributed by atoms with van der Waals surface area (Å²) in [6.07, 6.45) is -3.61. The molecule has 0 amide bonds. The van der Waals surface area contributed by atoms with Crippen LogP contribution in [0.25, 0.3) is 0 Å². The number of alkyl halides is 3. The number of ether oxygens (including phenoxy) is 1. The fraction of sp³-hybridized carbons (Fsp3) is 0.545. The minimum atomic E-state index is -4.41. The molecular formula is C11H14F3N3O. The highest BCUT2D eigenvalue weighted by Crippen LogP contribution is 2.33. The molecule has 2 rings (SSSR count). The normalized spacial score (nSPS) is 20.4. The molecule has 4 nitrogen and oxygen atoms in total. The average Bonchev–Trinajstić information content (AvgIpc) is 2.75. The van der Waals surface area contributed by atoms with Gasteiger partial charge in [-0.05, 0) is 18.6 Å². The summed E-state index contributed by atoms with van der Waals surface area (Å²) >= 11 is 0. The molecule has 1 saturated heterocycles. The van der Waals surface area contributed by atoms with E-state index in [4.69, 9.17) is 10.5 Å². The highest BCUT2D eigenvalue weighted by Gasteiger charge is 2.33. The number of hydrogen-bond donors (Lipinski definition) is 1. The second-order valence-corrected chi connectivity index (χ2v) is 4.23. The number of halogens is 3. The van der Waals surface area contributed by atoms with Crippen molar-refractivity contribution >= 4 is 11.6 Å². The first-order valence-electron chi connectivity index (χ1n) is 5.52. The van der Waals surface area contributed by atoms with Crippen LogP contribution in [0.4, 0.5) is 24.8 Å². The fourth-order valence-electron chi connectivity index (χ4n) is 1.99. The summed E-state index contributed by atoms with van der Waals surface area (Å²) in [4.78, 5) is 5.70. The van der Waals surface area contributed by atoms with E-state index in [-0.39, 0.29) is 17.7 Å². The Kier molecular flexibility index (Phi) is 3.34. The van der Waals surface area contributed by atoms with Gasteiger partial charge in [0.2, 0.25) is 0 Å². The Morgan fingerprint density at radius 2 is 2.17 bits per heavy atom. The van der Waals surface area contributed by atoms with Crippen LogP contribution in [0, 0.1) is 0 Å². The molecule has 0 aliphatic carbocycles. The van der Waals surface area contributed by atoms with E-state index in [2.05, 4.69) is 4.98 Å². The topological polar surface area (TPSA) is 51.4 Å². The van der Waals surface area contributed by atoms with Crippen molar-refractivity contribution < 1.29 is 17.9 Å². The molecule has 1 aliphatic heterocycles. The maximum absolute atomic E-state index is 12.7. The van der Waals surface area contributed by atoms with Gasteiger partial charge in [0, 0.05) is 20.2 Å². The summed E-state index contributed by atoms with van der Waals surface area (Å²) in [5.41, 5.74) is 4.65. The van der Waals surface area contributed by atoms with Gasteiger partial charge < -0.3 is 15.4 Å². The molecule has 1 aromatic rings. The lowest BCUT2D eigenvalue weighted by Gasteiger charge is -2.19. The standard InChI is InChI=1S/C11H14F3N3O/c1-18-8-2-3-17(6-8)10-5-7(11(12,13)14)4-9(15)16-10/h4-5,8H,2-3,6H2,1H3,(H2,15,16). The lowest BCUT2D eigenvalue weighted by atomic mass is 10.2. The van der Waals surface area contributed by atoms with Crippen molar-refractivity contribution in [2.45, 2.75) is 18.7 Å². The van der Waals surface area contributed by atoms with Gasteiger partial charge in [-0.25, -0.2) is 4.98 Å². The number of aromatic nitrogens is 1. The summed E-state index contributed by atoms with van der Waals surface area (Å²) in [7, 11) is 1.59. The maximum Gasteiger partial charge on any atom is 0.416 e. The van der Waals surface area contributed by atoms with Gasteiger partial charge in [0.25, 0.3) is 0 Å². The Bertz CT molecular complexity index is 436. The molecule has 1 atom stereocenters. The number of anilines is 2. The van der Waals surface area contributed by atoms with E-state index in [1.54, 1.807) is 12.0 Å². The van der Waals surface area contributed by atoms with Crippen molar-refractivity contribution in [3.63, 3.8) is 0 Å². The molecule has 0 saturated carbocycles. The SMILES string of the molecule is COC1CCN(c2cc(C(F)(F)F)cc(N)n2)C1. The van der Waals surface area contributed by atoms with Gasteiger partial charge in [-0.2, -0.15) is 13.2 Å². The second kappa shape index (κ2) is 4.64. The summed E-state index contributed by atoms with van der Waals surface area (Å²) in [6.45, 7) is 1.15. The van der Waals surface area contributed by atoms with Crippen LogP contribution in [0.3, 0.4) is 0 Å². The summed E-state index contributed by atoms with van der Waals surface area (Å²) < 4.78 is 43.1. The van der Waals surface area contributed by atoms with Crippen molar-refractivity contribution in [2.75, 3.05) is 30.8 Å². The zero-order valence-electron chi connectivity index (χ0n) is 9.87. The number of nitrogen functional groups attached to an aromatic ring is 1. The number of hydrogen-bond acceptors (Lipinski definition) is 4. The van der Waals surface area contributed by atoms with Crippen LogP contribution < -0.4 is 10.6 Å². The largest absolute Gasteiger partial charge is 0.416 e. The zero-order valence-corrected chi connectivity index (χ0v) is 9.87. The van der Waals surface area contributed by atoms with E-state index in [1.165, 1.54) is 0 Å². The number of nitrogens with zero attached hydrogens (tertiary/aromatic N) is 2. The molecule has 2 N–H and O–H groups in total. The molecule has 0 aromatic carbocycles. The van der Waals surface area contributed by atoms with Gasteiger partial charge in [-0.1, -0.05) is 0 Å². The quantitative estimate of drug-likeness (QED) is 0.883. The van der Waals surface area contributed by atoms with Crippen LogP contribution in [0.2, 0.25) is 0 Å². The highest BCUT2D eigenvalue weighted by molar-refractivity contribution is 5.50. The molecule has 7 heteroatoms. The van der Waals surface area contributed by atoms with Gasteiger partial charge in [-0.3, -0.25) is 0 Å². The van der Waals surface area contributed by atoms with Gasteiger partial charge in [-0.15, -0.1) is 0 Å². The van der Waals surface area contributed by atoms with E-state index in [1.807, 2.05) is 0 Å². The Morgan fingerprint density at radius 1 is 1.44 bits per heavy atom. The summed E-state index contributed by atoms with van der Waals surface area (Å²) in [5.74, 6) is 0.127. The average molecular weight is 261 g/mol. The number of methoxy groups -OCH3 is 1. The number of nitrogens with two attached hydrogens (primary N) is 1. The van der Waals surface area contributed by atoms with Gasteiger partial charge in [0.15, 0.2) is 0 Å². The highest BCUT2D eigenvalue weighted by atomic mass is 19.4. The molecule has 100 valence electrons. The third kappa shape index (κ3) is 2.66. The molecule has 1 aromatic heterocycles. The van der Waals surface area contributed by atoms with Crippen molar-refractivity contribution in [1.82, 2.24) is 4.98 Å². The monoisotopic (exact) mass is 261 g/mol. The molecule has 1 fully saturated rings. The Morgan fingerprint density at radius 3 is 2.72 bits per heavy atom. The van der Waals surface area contributed by atoms with Crippen LogP contribution in [-0.4, -0.2) is 31.3 Å². The van der Waals surface area contributed by atoms with Gasteiger partial charge in [0.05, 0.1) is 11.7 Å². The van der Waals surface area contributed by atoms with Crippen LogP contribution >= 0.6 is 0 Å². The van der Waals surface area contributed by atoms with E-state index in [0.717, 1.165) is 18.6 Å². The Hall–Kier alpha value is -1.50. The molecule has 0 radical (unpaired) electrons. The third-order valence-electron chi connectivity index (χ3n) is 2.96. The Balaban J connectivity index is 2.26. The molecule has 0 spiro atoms. The summed E-state index contributed by atoms with van der Waals surface area (Å²) in [5, 5.41) is 0. The molecule has 18 heavy (non-hydrogen) atoms. The van der Waals surface area contributed by atoms with Gasteiger partial charge in [0.1, 0.15) is 11.6 Å². The minimum Gasteiger partial charge on any atom is -0.384 e. The van der Waals surface area contributed by atoms with Crippen molar-refractivity contribution in [3.8, 4) is 0 Å². The van der Waals surface area contributed by atoms with E-state index in [0.29, 0.717) is 13.1 Å². The molecule has 1 aliphatic rings. The minimum absolute atomic E-state index is 0.0302. The first kappa shape index (κ1) is 12.9. The van der Waals surface area contributed by atoms with E-state index in [9.17, 15) is 13.2 Å². The predicted molar refractivity (Wildman–Crippen MR) is 61.3 cm³/mol. The first-order valence-corrected chi connectivity index (χ1v) is 5.52. The second-order valence-electron chi connectivity index (χ2n) is 4.23. The fourth-order valence-corrected chi connectivity index (χ4v) is 1.99. The van der Waals surface area contributed by atoms with E-state index >= 15 is 0 Å². The first-order chi connectivity index (χ1) is 8.40. The lowest BCUT2D eigenvalue weighted by Crippen LogP contribution is -2.24. The molecule has 2 heterocycles. The molecular weight excluding hydrogens is 247 g/mol. The van der Waals surface area contributed by atoms with E-state index < -0.39 is 11.7 Å².